The molecule has 0 saturated carbocycles. The standard InChI is InChI=1S/C20H22N2O3/c1-13-9-18(24-3)19(25-4)11-15(13)12-22(2)20(23)17-10-14-7-5-6-8-16(14)21-17/h5-11,21H,12H2,1-4H3. The number of fused-ring (bicyclic) bond motifs is 1. The molecule has 0 unspecified atom stereocenters. The number of ether oxygens (including phenoxy) is 2. The third-order valence-electron chi connectivity index (χ3n) is 4.36. The average Bonchev–Trinajstić information content (AvgIpc) is 3.06. The molecule has 0 aliphatic carbocycles. The van der Waals surface area contributed by atoms with E-state index in [2.05, 4.69) is 4.98 Å². The van der Waals surface area contributed by atoms with Crippen LogP contribution in [-0.4, -0.2) is 37.1 Å². The van der Waals surface area contributed by atoms with Crippen LogP contribution in [0.15, 0.2) is 42.5 Å². The maximum absolute atomic E-state index is 12.7. The van der Waals surface area contributed by atoms with Crippen molar-refractivity contribution in [3.63, 3.8) is 0 Å². The van der Waals surface area contributed by atoms with Gasteiger partial charge in [0.05, 0.1) is 14.2 Å². The zero-order valence-corrected chi connectivity index (χ0v) is 14.9. The molecule has 0 bridgehead atoms. The molecule has 5 nitrogen and oxygen atoms in total. The van der Waals surface area contributed by atoms with Crippen LogP contribution in [-0.2, 0) is 6.54 Å². The Morgan fingerprint density at radius 1 is 1.08 bits per heavy atom. The Hall–Kier alpha value is -2.95. The number of nitrogens with zero attached hydrogens (tertiary/aromatic N) is 1. The van der Waals surface area contributed by atoms with E-state index in [-0.39, 0.29) is 5.91 Å². The minimum absolute atomic E-state index is 0.0506. The lowest BCUT2D eigenvalue weighted by Crippen LogP contribution is -2.26. The van der Waals surface area contributed by atoms with Gasteiger partial charge in [-0.25, -0.2) is 0 Å². The largest absolute Gasteiger partial charge is 0.493 e. The van der Waals surface area contributed by atoms with Crippen molar-refractivity contribution in [1.29, 1.82) is 0 Å². The van der Waals surface area contributed by atoms with Crippen LogP contribution in [0.25, 0.3) is 10.9 Å². The van der Waals surface area contributed by atoms with Gasteiger partial charge < -0.3 is 19.4 Å². The number of hydrogen-bond donors (Lipinski definition) is 1. The molecule has 0 spiro atoms. The van der Waals surface area contributed by atoms with Gasteiger partial charge in [0.15, 0.2) is 11.5 Å². The number of H-pyrrole nitrogens is 1. The van der Waals surface area contributed by atoms with Crippen molar-refractivity contribution >= 4 is 16.8 Å². The van der Waals surface area contributed by atoms with E-state index in [0.717, 1.165) is 22.0 Å². The Morgan fingerprint density at radius 2 is 1.76 bits per heavy atom. The summed E-state index contributed by atoms with van der Waals surface area (Å²) in [5.74, 6) is 1.30. The summed E-state index contributed by atoms with van der Waals surface area (Å²) in [6.45, 7) is 2.49. The molecule has 25 heavy (non-hydrogen) atoms. The Labute approximate surface area is 147 Å². The summed E-state index contributed by atoms with van der Waals surface area (Å²) in [7, 11) is 5.02. The molecule has 0 aliphatic rings. The summed E-state index contributed by atoms with van der Waals surface area (Å²) < 4.78 is 10.7. The molecule has 5 heteroatoms. The second-order valence-corrected chi connectivity index (χ2v) is 6.07. The Morgan fingerprint density at radius 3 is 2.44 bits per heavy atom. The second-order valence-electron chi connectivity index (χ2n) is 6.07. The van der Waals surface area contributed by atoms with Crippen molar-refractivity contribution in [2.45, 2.75) is 13.5 Å². The number of para-hydroxylation sites is 1. The normalized spacial score (nSPS) is 10.7. The van der Waals surface area contributed by atoms with Crippen LogP contribution in [0, 0.1) is 6.92 Å². The highest BCUT2D eigenvalue weighted by Gasteiger charge is 2.17. The summed E-state index contributed by atoms with van der Waals surface area (Å²) in [5, 5.41) is 1.03. The second kappa shape index (κ2) is 6.89. The zero-order chi connectivity index (χ0) is 18.0. The van der Waals surface area contributed by atoms with E-state index in [4.69, 9.17) is 9.47 Å². The fourth-order valence-corrected chi connectivity index (χ4v) is 2.91. The van der Waals surface area contributed by atoms with Gasteiger partial charge in [-0.05, 0) is 42.3 Å². The molecule has 0 fully saturated rings. The minimum Gasteiger partial charge on any atom is -0.493 e. The quantitative estimate of drug-likeness (QED) is 0.770. The topological polar surface area (TPSA) is 54.6 Å². The van der Waals surface area contributed by atoms with Gasteiger partial charge in [-0.3, -0.25) is 4.79 Å². The Balaban J connectivity index is 1.83. The van der Waals surface area contributed by atoms with Crippen molar-refractivity contribution < 1.29 is 14.3 Å². The average molecular weight is 338 g/mol. The molecular formula is C20H22N2O3. The smallest absolute Gasteiger partial charge is 0.270 e. The first kappa shape index (κ1) is 16.9. The number of carbonyl (C=O) groups is 1. The molecule has 3 rings (SSSR count). The van der Waals surface area contributed by atoms with E-state index in [0.29, 0.717) is 23.7 Å². The van der Waals surface area contributed by atoms with E-state index in [1.165, 1.54) is 0 Å². The van der Waals surface area contributed by atoms with Gasteiger partial charge in [0, 0.05) is 24.5 Å². The number of aryl methyl sites for hydroxylation is 1. The summed E-state index contributed by atoms with van der Waals surface area (Å²) in [6.07, 6.45) is 0. The maximum atomic E-state index is 12.7. The number of aromatic amines is 1. The monoisotopic (exact) mass is 338 g/mol. The van der Waals surface area contributed by atoms with Crippen LogP contribution in [0.3, 0.4) is 0 Å². The van der Waals surface area contributed by atoms with Gasteiger partial charge in [-0.1, -0.05) is 18.2 Å². The predicted molar refractivity (Wildman–Crippen MR) is 98.4 cm³/mol. The van der Waals surface area contributed by atoms with E-state index in [9.17, 15) is 4.79 Å². The van der Waals surface area contributed by atoms with Crippen LogP contribution in [0.2, 0.25) is 0 Å². The molecule has 1 aromatic heterocycles. The summed E-state index contributed by atoms with van der Waals surface area (Å²) in [6, 6.07) is 13.6. The number of benzene rings is 2. The lowest BCUT2D eigenvalue weighted by molar-refractivity contribution is 0.0780. The molecule has 0 saturated heterocycles. The maximum Gasteiger partial charge on any atom is 0.270 e. The first-order chi connectivity index (χ1) is 12.0. The number of amides is 1. The fourth-order valence-electron chi connectivity index (χ4n) is 2.91. The third kappa shape index (κ3) is 3.31. The number of rotatable bonds is 5. The van der Waals surface area contributed by atoms with Crippen LogP contribution in [0.4, 0.5) is 0 Å². The Kier molecular flexibility index (Phi) is 4.65. The summed E-state index contributed by atoms with van der Waals surface area (Å²) in [5.41, 5.74) is 3.61. The van der Waals surface area contributed by atoms with Crippen LogP contribution in [0.1, 0.15) is 21.6 Å². The van der Waals surface area contributed by atoms with Gasteiger partial charge in [0.1, 0.15) is 5.69 Å². The number of carbonyl (C=O) groups excluding carboxylic acids is 1. The molecule has 130 valence electrons. The molecule has 0 aliphatic heterocycles. The zero-order valence-electron chi connectivity index (χ0n) is 14.9. The van der Waals surface area contributed by atoms with E-state index >= 15 is 0 Å². The highest BCUT2D eigenvalue weighted by atomic mass is 16.5. The lowest BCUT2D eigenvalue weighted by Gasteiger charge is -2.19. The molecule has 2 aromatic carbocycles. The van der Waals surface area contributed by atoms with Crippen molar-refractivity contribution in [2.75, 3.05) is 21.3 Å². The van der Waals surface area contributed by atoms with Crippen molar-refractivity contribution in [2.24, 2.45) is 0 Å². The third-order valence-corrected chi connectivity index (χ3v) is 4.36. The van der Waals surface area contributed by atoms with Gasteiger partial charge in [0.2, 0.25) is 0 Å². The molecule has 1 N–H and O–H groups in total. The van der Waals surface area contributed by atoms with Crippen LogP contribution in [0.5, 0.6) is 11.5 Å². The van der Waals surface area contributed by atoms with Crippen LogP contribution >= 0.6 is 0 Å². The van der Waals surface area contributed by atoms with Crippen molar-refractivity contribution in [1.82, 2.24) is 9.88 Å². The van der Waals surface area contributed by atoms with Crippen molar-refractivity contribution in [3.05, 3.63) is 59.3 Å². The highest BCUT2D eigenvalue weighted by molar-refractivity contribution is 5.97. The number of nitrogens with one attached hydrogen (secondary N) is 1. The SMILES string of the molecule is COc1cc(C)c(CN(C)C(=O)c2cc3ccccc3[nH]2)cc1OC. The van der Waals surface area contributed by atoms with Gasteiger partial charge in [-0.15, -0.1) is 0 Å². The number of aromatic nitrogens is 1. The first-order valence-electron chi connectivity index (χ1n) is 8.08. The van der Waals surface area contributed by atoms with E-state index in [1.807, 2.05) is 49.4 Å². The van der Waals surface area contributed by atoms with Gasteiger partial charge in [0.25, 0.3) is 5.91 Å². The van der Waals surface area contributed by atoms with Gasteiger partial charge >= 0.3 is 0 Å². The van der Waals surface area contributed by atoms with Crippen LogP contribution < -0.4 is 9.47 Å². The molecule has 1 heterocycles. The Bertz CT molecular complexity index is 881. The van der Waals surface area contributed by atoms with E-state index < -0.39 is 0 Å². The molecule has 0 atom stereocenters. The number of hydrogen-bond acceptors (Lipinski definition) is 3. The fraction of sp³-hybridized carbons (Fsp3) is 0.250. The molecule has 1 amide bonds. The molecule has 3 aromatic rings. The molecule has 0 radical (unpaired) electrons. The lowest BCUT2D eigenvalue weighted by atomic mass is 10.1. The molecular weight excluding hydrogens is 316 g/mol. The summed E-state index contributed by atoms with van der Waals surface area (Å²) in [4.78, 5) is 17.6. The first-order valence-corrected chi connectivity index (χ1v) is 8.08. The highest BCUT2D eigenvalue weighted by Crippen LogP contribution is 2.31. The van der Waals surface area contributed by atoms with Gasteiger partial charge in [-0.2, -0.15) is 0 Å². The summed E-state index contributed by atoms with van der Waals surface area (Å²) >= 11 is 0. The number of methoxy groups -OCH3 is 2. The van der Waals surface area contributed by atoms with E-state index in [1.54, 1.807) is 26.2 Å². The predicted octanol–water partition coefficient (Wildman–Crippen LogP) is 3.77. The minimum atomic E-state index is -0.0506. The van der Waals surface area contributed by atoms with Crippen molar-refractivity contribution in [3.8, 4) is 11.5 Å².